The average Bonchev–Trinajstić information content (AvgIpc) is 3.68. The Hall–Kier alpha value is -5.39. The van der Waals surface area contributed by atoms with Gasteiger partial charge in [-0.2, -0.15) is 0 Å². The maximum Gasteiger partial charge on any atom is 0.157 e. The highest BCUT2D eigenvalue weighted by molar-refractivity contribution is 7.28. The standard InChI is InChI=1S/C45H44B11N3S/c46-31-26(27-30-32(47)28(29-33(48)37(52)39(54)38(53)34(29)49)35(50)40(55)43(30)60-42(27)41(56)36(31)51)19-58-45(59-44(57)24-9-5-2-6-10-24)25-17-15-23(16-18-25)22-13-11-21(12-14-22)20-7-3-1-4-8-20/h1-18H,19,46-56H2,(H2,57,58,59). The van der Waals surface area contributed by atoms with E-state index in [1.165, 1.54) is 108 Å². The molecule has 0 bridgehead atoms. The summed E-state index contributed by atoms with van der Waals surface area (Å²) in [4.78, 5) is 10.5. The predicted octanol–water partition coefficient (Wildman–Crippen LogP) is -7.75. The molecule has 0 fully saturated rings. The van der Waals surface area contributed by atoms with Crippen LogP contribution >= 0.6 is 11.3 Å². The van der Waals surface area contributed by atoms with Crippen LogP contribution in [0.15, 0.2) is 119 Å². The SMILES string of the molecule is Bc1c(B)c(B)c(-c2c(B)c(B)c3sc4c(B)c(B)c(B)c(C/N=C(\N=C(/N)c5ccccc5)c5ccc(-c6ccc(-c7ccccc7)cc6)cc5)c4c3c2B)c(B)c1B. The quantitative estimate of drug-likeness (QED) is 0.0978. The van der Waals surface area contributed by atoms with Crippen molar-refractivity contribution in [1.29, 1.82) is 0 Å². The smallest absolute Gasteiger partial charge is 0.157 e. The predicted molar refractivity (Wildman–Crippen MR) is 299 cm³/mol. The van der Waals surface area contributed by atoms with Crippen molar-refractivity contribution in [2.45, 2.75) is 6.54 Å². The molecule has 1 aromatic heterocycles. The minimum Gasteiger partial charge on any atom is -0.383 e. The maximum atomic E-state index is 6.76. The molecule has 1 heterocycles. The number of rotatable bonds is 7. The van der Waals surface area contributed by atoms with Gasteiger partial charge in [0, 0.05) is 25.9 Å². The van der Waals surface area contributed by atoms with Crippen molar-refractivity contribution < 1.29 is 0 Å². The topological polar surface area (TPSA) is 50.7 Å². The normalized spacial score (nSPS) is 12.1. The molecule has 0 amide bonds. The van der Waals surface area contributed by atoms with E-state index in [4.69, 9.17) is 15.7 Å². The Morgan fingerprint density at radius 1 is 0.417 bits per heavy atom. The first-order chi connectivity index (χ1) is 28.8. The number of hydrogen-bond acceptors (Lipinski definition) is 2. The molecule has 0 aliphatic heterocycles. The van der Waals surface area contributed by atoms with Crippen LogP contribution in [0.1, 0.15) is 16.7 Å². The lowest BCUT2D eigenvalue weighted by molar-refractivity contribution is 1.09. The summed E-state index contributed by atoms with van der Waals surface area (Å²) in [7, 11) is 25.3. The van der Waals surface area contributed by atoms with Crippen molar-refractivity contribution in [3.8, 4) is 33.4 Å². The van der Waals surface area contributed by atoms with Gasteiger partial charge in [0.05, 0.1) is 6.54 Å². The van der Waals surface area contributed by atoms with Gasteiger partial charge < -0.3 is 5.73 Å². The Morgan fingerprint density at radius 3 is 1.40 bits per heavy atom. The Kier molecular flexibility index (Phi) is 11.4. The second-order valence-corrected chi connectivity index (χ2v) is 17.7. The van der Waals surface area contributed by atoms with Crippen molar-refractivity contribution in [2.75, 3.05) is 0 Å². The molecule has 7 aromatic carbocycles. The van der Waals surface area contributed by atoms with E-state index in [1.54, 1.807) is 0 Å². The molecule has 0 aliphatic rings. The van der Waals surface area contributed by atoms with Crippen molar-refractivity contribution in [3.05, 3.63) is 126 Å². The summed E-state index contributed by atoms with van der Waals surface area (Å²) in [6.45, 7) is 0.474. The number of nitrogens with zero attached hydrogens (tertiary/aromatic N) is 2. The van der Waals surface area contributed by atoms with E-state index in [-0.39, 0.29) is 0 Å². The summed E-state index contributed by atoms with van der Waals surface area (Å²) in [5.74, 6) is 1.06. The van der Waals surface area contributed by atoms with Crippen molar-refractivity contribution in [2.24, 2.45) is 15.7 Å². The molecule has 0 radical (unpaired) electrons. The zero-order valence-electron chi connectivity index (χ0n) is 37.0. The molecule has 15 heteroatoms. The molecule has 0 saturated heterocycles. The lowest BCUT2D eigenvalue weighted by Crippen LogP contribution is -2.56. The van der Waals surface area contributed by atoms with Crippen molar-refractivity contribution in [1.82, 2.24) is 0 Å². The summed E-state index contributed by atoms with van der Waals surface area (Å²) in [6, 6.07) is 37.8. The van der Waals surface area contributed by atoms with Crippen LogP contribution in [0.2, 0.25) is 0 Å². The van der Waals surface area contributed by atoms with E-state index in [0.717, 1.165) is 22.3 Å². The molecule has 8 rings (SSSR count). The summed E-state index contributed by atoms with van der Waals surface area (Å²) < 4.78 is 2.72. The first-order valence-electron chi connectivity index (χ1n) is 21.0. The van der Waals surface area contributed by atoms with Crippen molar-refractivity contribution in [3.63, 3.8) is 0 Å². The van der Waals surface area contributed by atoms with Gasteiger partial charge >= 0.3 is 0 Å². The number of aliphatic imine (C=N–C) groups is 2. The van der Waals surface area contributed by atoms with E-state index in [1.807, 2.05) is 41.7 Å². The fourth-order valence-electron chi connectivity index (χ4n) is 9.11. The molecule has 0 spiro atoms. The summed E-state index contributed by atoms with van der Waals surface area (Å²) >= 11 is 1.94. The highest BCUT2D eigenvalue weighted by atomic mass is 32.1. The van der Waals surface area contributed by atoms with Gasteiger partial charge in [-0.25, -0.2) is 4.99 Å². The van der Waals surface area contributed by atoms with Crippen LogP contribution in [-0.4, -0.2) is 98.0 Å². The lowest BCUT2D eigenvalue weighted by Gasteiger charge is -2.25. The second kappa shape index (κ2) is 16.6. The van der Waals surface area contributed by atoms with Crippen molar-refractivity contribution >= 4 is 190 Å². The molecular formula is C45H44B11N3S. The lowest BCUT2D eigenvalue weighted by atomic mass is 9.57. The Bertz CT molecular complexity index is 3030. The van der Waals surface area contributed by atoms with Gasteiger partial charge in [0.25, 0.3) is 0 Å². The Morgan fingerprint density at radius 2 is 0.833 bits per heavy atom. The molecule has 2 N–H and O–H groups in total. The van der Waals surface area contributed by atoms with Crippen LogP contribution in [0.3, 0.4) is 0 Å². The average molecular weight is 778 g/mol. The van der Waals surface area contributed by atoms with Gasteiger partial charge in [0.15, 0.2) is 5.84 Å². The third-order valence-electron chi connectivity index (χ3n) is 13.6. The van der Waals surface area contributed by atoms with Gasteiger partial charge in [0.1, 0.15) is 92.1 Å². The Labute approximate surface area is 369 Å². The van der Waals surface area contributed by atoms with E-state index in [0.29, 0.717) is 18.2 Å². The van der Waals surface area contributed by atoms with Crippen LogP contribution in [0.5, 0.6) is 0 Å². The summed E-state index contributed by atoms with van der Waals surface area (Å²) in [6.07, 6.45) is 0. The highest BCUT2D eigenvalue weighted by Gasteiger charge is 2.24. The zero-order valence-corrected chi connectivity index (χ0v) is 37.8. The van der Waals surface area contributed by atoms with Gasteiger partial charge in [-0.3, -0.25) is 4.99 Å². The number of thiophene rings is 1. The van der Waals surface area contributed by atoms with Crippen LogP contribution in [-0.2, 0) is 6.54 Å². The number of hydrogen-bond donors (Lipinski definition) is 1. The molecular weight excluding hydrogens is 734 g/mol. The first kappa shape index (κ1) is 41.4. The van der Waals surface area contributed by atoms with Crippen LogP contribution in [0.25, 0.3) is 53.6 Å². The minimum absolute atomic E-state index is 0.443. The van der Waals surface area contributed by atoms with Gasteiger partial charge in [0.2, 0.25) is 0 Å². The molecule has 0 atom stereocenters. The van der Waals surface area contributed by atoms with Crippen LogP contribution in [0, 0.1) is 0 Å². The number of amidine groups is 2. The first-order valence-corrected chi connectivity index (χ1v) is 21.8. The molecule has 0 aliphatic carbocycles. The number of fused-ring (bicyclic) bond motifs is 3. The van der Waals surface area contributed by atoms with Gasteiger partial charge in [-0.05, 0) is 44.3 Å². The number of benzene rings is 7. The van der Waals surface area contributed by atoms with E-state index >= 15 is 0 Å². The zero-order chi connectivity index (χ0) is 42.6. The molecule has 0 unspecified atom stereocenters. The monoisotopic (exact) mass is 779 g/mol. The molecule has 8 aromatic rings. The molecule has 60 heavy (non-hydrogen) atoms. The van der Waals surface area contributed by atoms with E-state index in [9.17, 15) is 0 Å². The molecule has 278 valence electrons. The largest absolute Gasteiger partial charge is 0.383 e. The van der Waals surface area contributed by atoms with Gasteiger partial charge in [-0.15, -0.1) is 27.7 Å². The highest BCUT2D eigenvalue weighted by Crippen LogP contribution is 2.34. The molecule has 0 saturated carbocycles. The van der Waals surface area contributed by atoms with Crippen LogP contribution in [0.4, 0.5) is 0 Å². The summed E-state index contributed by atoms with van der Waals surface area (Å²) in [5, 5.41) is 2.68. The second-order valence-electron chi connectivity index (χ2n) is 16.6. The van der Waals surface area contributed by atoms with E-state index < -0.39 is 0 Å². The fourth-order valence-corrected chi connectivity index (χ4v) is 10.6. The third kappa shape index (κ3) is 7.19. The fraction of sp³-hybridized carbons (Fsp3) is 0.0222. The van der Waals surface area contributed by atoms with Gasteiger partial charge in [-0.1, -0.05) is 153 Å². The van der Waals surface area contributed by atoms with Crippen LogP contribution < -0.4 is 65.8 Å². The maximum absolute atomic E-state index is 6.76. The third-order valence-corrected chi connectivity index (χ3v) is 15.0. The minimum atomic E-state index is 0.443. The Balaban J connectivity index is 1.29. The summed E-state index contributed by atoms with van der Waals surface area (Å²) in [5.41, 5.74) is 32.2. The number of nitrogens with two attached hydrogens (primary N) is 1. The van der Waals surface area contributed by atoms with E-state index in [2.05, 4.69) is 165 Å². The molecule has 3 nitrogen and oxygen atoms in total.